The average Bonchev–Trinajstić information content (AvgIpc) is 2.99. The quantitative estimate of drug-likeness (QED) is 0.797. The molecule has 22 heavy (non-hydrogen) atoms. The van der Waals surface area contributed by atoms with Gasteiger partial charge in [-0.05, 0) is 30.7 Å². The lowest BCUT2D eigenvalue weighted by atomic mass is 9.92. The van der Waals surface area contributed by atoms with Crippen molar-refractivity contribution in [2.45, 2.75) is 38.1 Å². The minimum Gasteiger partial charge on any atom is -0.352 e. The van der Waals surface area contributed by atoms with E-state index in [0.29, 0.717) is 5.92 Å². The number of hydrogen-bond acceptors (Lipinski definition) is 3. The van der Waals surface area contributed by atoms with Gasteiger partial charge >= 0.3 is 0 Å². The Hall–Kier alpha value is -1.40. The van der Waals surface area contributed by atoms with E-state index in [9.17, 15) is 13.2 Å². The Bertz CT molecular complexity index is 581. The van der Waals surface area contributed by atoms with E-state index in [4.69, 9.17) is 0 Å². The molecule has 1 saturated carbocycles. The van der Waals surface area contributed by atoms with E-state index in [0.717, 1.165) is 25.5 Å². The molecule has 1 aliphatic rings. The second-order valence-electron chi connectivity index (χ2n) is 6.00. The second kappa shape index (κ2) is 7.74. The molecular weight excluding hydrogens is 300 g/mol. The molecule has 5 nitrogen and oxygen atoms in total. The first-order valence-electron chi connectivity index (χ1n) is 7.72. The molecule has 0 radical (unpaired) electrons. The maximum Gasteiger partial charge on any atom is 0.235 e. The lowest BCUT2D eigenvalue weighted by Gasteiger charge is -2.25. The Labute approximate surface area is 132 Å². The summed E-state index contributed by atoms with van der Waals surface area (Å²) in [6.45, 7) is -0.198. The minimum absolute atomic E-state index is 0.0683. The van der Waals surface area contributed by atoms with Crippen LogP contribution in [0.5, 0.6) is 0 Å². The van der Waals surface area contributed by atoms with Gasteiger partial charge in [-0.15, -0.1) is 0 Å². The van der Waals surface area contributed by atoms with Gasteiger partial charge in [0.15, 0.2) is 0 Å². The van der Waals surface area contributed by atoms with Gasteiger partial charge in [0.2, 0.25) is 15.9 Å². The van der Waals surface area contributed by atoms with Crippen molar-refractivity contribution in [3.8, 4) is 0 Å². The summed E-state index contributed by atoms with van der Waals surface area (Å²) in [4.78, 5) is 12.0. The number of sulfonamides is 1. The number of benzene rings is 1. The summed E-state index contributed by atoms with van der Waals surface area (Å²) in [5.74, 6) is 0.209. The SMILES string of the molecule is CS(=O)(=O)NCC(=O)N[C@H](Cc1ccccc1)C1CCCC1. The maximum absolute atomic E-state index is 12.0. The third-order valence-electron chi connectivity index (χ3n) is 4.11. The molecule has 122 valence electrons. The molecule has 1 atom stereocenters. The summed E-state index contributed by atoms with van der Waals surface area (Å²) in [6, 6.07) is 10.1. The highest BCUT2D eigenvalue weighted by atomic mass is 32.2. The monoisotopic (exact) mass is 324 g/mol. The van der Waals surface area contributed by atoms with Gasteiger partial charge < -0.3 is 5.32 Å². The van der Waals surface area contributed by atoms with Gasteiger partial charge in [-0.3, -0.25) is 4.79 Å². The van der Waals surface area contributed by atoms with Gasteiger partial charge in [0.25, 0.3) is 0 Å². The minimum atomic E-state index is -3.34. The van der Waals surface area contributed by atoms with Crippen molar-refractivity contribution >= 4 is 15.9 Å². The Balaban J connectivity index is 1.97. The fourth-order valence-corrected chi connectivity index (χ4v) is 3.41. The number of amides is 1. The number of nitrogens with one attached hydrogen (secondary N) is 2. The van der Waals surface area contributed by atoms with Gasteiger partial charge in [0.05, 0.1) is 12.8 Å². The van der Waals surface area contributed by atoms with Crippen LogP contribution >= 0.6 is 0 Å². The molecular formula is C16H24N2O3S. The molecule has 0 aliphatic heterocycles. The number of carbonyl (C=O) groups excluding carboxylic acids is 1. The van der Waals surface area contributed by atoms with Crippen molar-refractivity contribution in [2.75, 3.05) is 12.8 Å². The molecule has 0 spiro atoms. The van der Waals surface area contributed by atoms with Crippen molar-refractivity contribution in [1.82, 2.24) is 10.0 Å². The van der Waals surface area contributed by atoms with Crippen LogP contribution in [0, 0.1) is 5.92 Å². The smallest absolute Gasteiger partial charge is 0.235 e. The van der Waals surface area contributed by atoms with Gasteiger partial charge in [-0.2, -0.15) is 0 Å². The third kappa shape index (κ3) is 5.77. The molecule has 1 fully saturated rings. The van der Waals surface area contributed by atoms with Crippen molar-refractivity contribution < 1.29 is 13.2 Å². The molecule has 0 saturated heterocycles. The standard InChI is InChI=1S/C16H24N2O3S/c1-22(20,21)17-12-16(19)18-15(14-9-5-6-10-14)11-13-7-3-2-4-8-13/h2-4,7-8,14-15,17H,5-6,9-12H2,1H3,(H,18,19)/t15-/m1/s1. The second-order valence-corrected chi connectivity index (χ2v) is 7.83. The summed E-state index contributed by atoms with van der Waals surface area (Å²) in [6.07, 6.45) is 6.49. The summed E-state index contributed by atoms with van der Waals surface area (Å²) < 4.78 is 24.4. The Morgan fingerprint density at radius 3 is 2.45 bits per heavy atom. The van der Waals surface area contributed by atoms with Gasteiger partial charge in [-0.25, -0.2) is 13.1 Å². The molecule has 0 aromatic heterocycles. The van der Waals surface area contributed by atoms with Crippen LogP contribution in [0.15, 0.2) is 30.3 Å². The summed E-state index contributed by atoms with van der Waals surface area (Å²) in [7, 11) is -3.34. The van der Waals surface area contributed by atoms with Gasteiger partial charge in [0, 0.05) is 6.04 Å². The van der Waals surface area contributed by atoms with Crippen LogP contribution in [-0.4, -0.2) is 33.2 Å². The zero-order valence-corrected chi connectivity index (χ0v) is 13.7. The molecule has 0 bridgehead atoms. The van der Waals surface area contributed by atoms with Crippen LogP contribution in [0.25, 0.3) is 0 Å². The highest BCUT2D eigenvalue weighted by molar-refractivity contribution is 7.88. The molecule has 1 aromatic carbocycles. The Morgan fingerprint density at radius 1 is 1.23 bits per heavy atom. The van der Waals surface area contributed by atoms with E-state index < -0.39 is 10.0 Å². The largest absolute Gasteiger partial charge is 0.352 e. The molecule has 6 heteroatoms. The fraction of sp³-hybridized carbons (Fsp3) is 0.562. The zero-order valence-electron chi connectivity index (χ0n) is 12.9. The van der Waals surface area contributed by atoms with E-state index >= 15 is 0 Å². The molecule has 1 aromatic rings. The maximum atomic E-state index is 12.0. The van der Waals surface area contributed by atoms with Crippen molar-refractivity contribution in [2.24, 2.45) is 5.92 Å². The number of carbonyl (C=O) groups is 1. The van der Waals surface area contributed by atoms with E-state index in [-0.39, 0.29) is 18.5 Å². The zero-order chi connectivity index (χ0) is 16.0. The summed E-state index contributed by atoms with van der Waals surface area (Å²) >= 11 is 0. The van der Waals surface area contributed by atoms with E-state index in [1.54, 1.807) is 0 Å². The van der Waals surface area contributed by atoms with Crippen LogP contribution < -0.4 is 10.0 Å². The molecule has 2 rings (SSSR count). The topological polar surface area (TPSA) is 75.3 Å². The van der Waals surface area contributed by atoms with E-state index in [1.165, 1.54) is 18.4 Å². The first-order chi connectivity index (χ1) is 10.4. The highest BCUT2D eigenvalue weighted by Crippen LogP contribution is 2.29. The van der Waals surface area contributed by atoms with Crippen LogP contribution in [0.2, 0.25) is 0 Å². The van der Waals surface area contributed by atoms with E-state index in [2.05, 4.69) is 22.2 Å². The van der Waals surface area contributed by atoms with Crippen LogP contribution in [0.1, 0.15) is 31.2 Å². The first-order valence-corrected chi connectivity index (χ1v) is 9.61. The molecule has 0 heterocycles. The fourth-order valence-electron chi connectivity index (χ4n) is 3.02. The lowest BCUT2D eigenvalue weighted by Crippen LogP contribution is -2.45. The Morgan fingerprint density at radius 2 is 1.86 bits per heavy atom. The normalized spacial score (nSPS) is 17.3. The van der Waals surface area contributed by atoms with Crippen molar-refractivity contribution in [3.05, 3.63) is 35.9 Å². The lowest BCUT2D eigenvalue weighted by molar-refractivity contribution is -0.121. The average molecular weight is 324 g/mol. The van der Waals surface area contributed by atoms with E-state index in [1.807, 2.05) is 18.2 Å². The van der Waals surface area contributed by atoms with Crippen LogP contribution in [0.4, 0.5) is 0 Å². The predicted molar refractivity (Wildman–Crippen MR) is 86.9 cm³/mol. The molecule has 0 unspecified atom stereocenters. The van der Waals surface area contributed by atoms with Crippen molar-refractivity contribution in [1.29, 1.82) is 0 Å². The number of rotatable bonds is 7. The molecule has 2 N–H and O–H groups in total. The first kappa shape index (κ1) is 17.0. The molecule has 1 amide bonds. The van der Waals surface area contributed by atoms with Crippen LogP contribution in [0.3, 0.4) is 0 Å². The summed E-state index contributed by atoms with van der Waals surface area (Å²) in [5.41, 5.74) is 1.19. The Kier molecular flexibility index (Phi) is 5.97. The highest BCUT2D eigenvalue weighted by Gasteiger charge is 2.26. The van der Waals surface area contributed by atoms with Crippen molar-refractivity contribution in [3.63, 3.8) is 0 Å². The molecule has 1 aliphatic carbocycles. The summed E-state index contributed by atoms with van der Waals surface area (Å²) in [5, 5.41) is 3.01. The van der Waals surface area contributed by atoms with Gasteiger partial charge in [-0.1, -0.05) is 43.2 Å². The van der Waals surface area contributed by atoms with Crippen LogP contribution in [-0.2, 0) is 21.2 Å². The predicted octanol–water partition coefficient (Wildman–Crippen LogP) is 1.45. The van der Waals surface area contributed by atoms with Gasteiger partial charge in [0.1, 0.15) is 0 Å². The number of hydrogen-bond donors (Lipinski definition) is 2. The third-order valence-corrected chi connectivity index (χ3v) is 4.78.